The van der Waals surface area contributed by atoms with Crippen molar-refractivity contribution in [3.8, 4) is 11.3 Å². The topological polar surface area (TPSA) is 71.3 Å². The minimum absolute atomic E-state index is 0.226. The van der Waals surface area contributed by atoms with Crippen LogP contribution in [0.25, 0.3) is 22.2 Å². The van der Waals surface area contributed by atoms with Crippen molar-refractivity contribution in [3.05, 3.63) is 83.4 Å². The van der Waals surface area contributed by atoms with E-state index in [1.54, 1.807) is 0 Å². The summed E-state index contributed by atoms with van der Waals surface area (Å²) in [5, 5.41) is 0.888. The van der Waals surface area contributed by atoms with Crippen LogP contribution in [0.3, 0.4) is 0 Å². The normalized spacial score (nSPS) is 12.5. The van der Waals surface area contributed by atoms with Gasteiger partial charge in [0, 0.05) is 22.2 Å². The summed E-state index contributed by atoms with van der Waals surface area (Å²) >= 11 is 0. The lowest BCUT2D eigenvalue weighted by molar-refractivity contribution is 0.0564. The highest BCUT2D eigenvalue weighted by molar-refractivity contribution is 6.09. The van der Waals surface area contributed by atoms with E-state index in [9.17, 15) is 4.79 Å². The molecule has 1 aromatic heterocycles. The van der Waals surface area contributed by atoms with E-state index in [0.717, 1.165) is 44.5 Å². The number of nitrogens with zero attached hydrogens (tertiary/aromatic N) is 1. The zero-order valence-corrected chi connectivity index (χ0v) is 21.5. The molecule has 4 rings (SSSR count). The van der Waals surface area contributed by atoms with Gasteiger partial charge in [0.25, 0.3) is 0 Å². The van der Waals surface area contributed by atoms with Crippen molar-refractivity contribution in [2.75, 3.05) is 10.6 Å². The van der Waals surface area contributed by atoms with Crippen LogP contribution in [-0.2, 0) is 4.74 Å². The van der Waals surface area contributed by atoms with E-state index in [2.05, 4.69) is 56.1 Å². The van der Waals surface area contributed by atoms with Gasteiger partial charge in [-0.1, -0.05) is 54.4 Å². The number of fused-ring (bicyclic) bond motifs is 1. The third-order valence-corrected chi connectivity index (χ3v) is 6.02. The molecule has 5 heteroatoms. The monoisotopic (exact) mass is 469 g/mol. The third kappa shape index (κ3) is 5.19. The molecular weight excluding hydrogens is 434 g/mol. The molecular formula is C30H35N3O2. The number of aryl methyl sites for hydroxylation is 2. The molecule has 1 atom stereocenters. The van der Waals surface area contributed by atoms with Crippen molar-refractivity contribution in [2.45, 2.75) is 59.6 Å². The highest BCUT2D eigenvalue weighted by Gasteiger charge is 2.34. The Hall–Kier alpha value is -3.73. The molecule has 35 heavy (non-hydrogen) atoms. The number of nitrogen functional groups attached to an aromatic ring is 1. The van der Waals surface area contributed by atoms with Gasteiger partial charge < -0.3 is 15.5 Å². The minimum atomic E-state index is -0.643. The van der Waals surface area contributed by atoms with E-state index in [-0.39, 0.29) is 12.1 Å². The summed E-state index contributed by atoms with van der Waals surface area (Å²) in [6, 6.07) is 22.1. The van der Waals surface area contributed by atoms with Gasteiger partial charge in [0.05, 0.1) is 17.4 Å². The molecule has 0 radical (unpaired) electrons. The molecule has 0 aliphatic carbocycles. The Labute approximate surface area is 207 Å². The van der Waals surface area contributed by atoms with Crippen LogP contribution in [0.15, 0.2) is 66.7 Å². The Balaban J connectivity index is 2.04. The standard InChI is InChI=1S/C30H35N3O2/c1-7-26(21-11-9-8-10-12-21)33(29(34)35-30(4,5)6)28-24-18-23(31)13-14-25(24)32-27(28)22-16-19(2)15-20(3)17-22/h8-18,26,32H,7,31H2,1-6H3. The number of benzene rings is 3. The lowest BCUT2D eigenvalue weighted by Gasteiger charge is -2.34. The Morgan fingerprint density at radius 2 is 1.66 bits per heavy atom. The van der Waals surface area contributed by atoms with E-state index >= 15 is 0 Å². The smallest absolute Gasteiger partial charge is 0.415 e. The number of hydrogen-bond donors (Lipinski definition) is 2. The SMILES string of the molecule is CCC(c1ccccc1)N(C(=O)OC(C)(C)C)c1c(-c2cc(C)cc(C)c2)[nH]c2ccc(N)cc12. The zero-order chi connectivity index (χ0) is 25.3. The molecule has 4 aromatic rings. The van der Waals surface area contributed by atoms with E-state index in [1.807, 2.05) is 62.1 Å². The van der Waals surface area contributed by atoms with Gasteiger partial charge in [0.1, 0.15) is 5.60 Å². The number of rotatable bonds is 5. The Morgan fingerprint density at radius 3 is 2.26 bits per heavy atom. The van der Waals surface area contributed by atoms with Crippen molar-refractivity contribution in [1.82, 2.24) is 4.98 Å². The average Bonchev–Trinajstić information content (AvgIpc) is 3.14. The lowest BCUT2D eigenvalue weighted by atomic mass is 9.99. The first-order valence-electron chi connectivity index (χ1n) is 12.1. The number of carbonyl (C=O) groups excluding carboxylic acids is 1. The van der Waals surface area contributed by atoms with Crippen LogP contribution in [0.4, 0.5) is 16.2 Å². The largest absolute Gasteiger partial charge is 0.443 e. The van der Waals surface area contributed by atoms with Crippen molar-refractivity contribution in [3.63, 3.8) is 0 Å². The third-order valence-electron chi connectivity index (χ3n) is 6.02. The van der Waals surface area contributed by atoms with Gasteiger partial charge in [-0.3, -0.25) is 4.90 Å². The number of aromatic amines is 1. The zero-order valence-electron chi connectivity index (χ0n) is 21.5. The molecule has 1 heterocycles. The summed E-state index contributed by atoms with van der Waals surface area (Å²) in [6.07, 6.45) is 0.326. The second kappa shape index (κ2) is 9.49. The molecule has 0 fully saturated rings. The Morgan fingerprint density at radius 1 is 1.00 bits per heavy atom. The highest BCUT2D eigenvalue weighted by atomic mass is 16.6. The number of aromatic nitrogens is 1. The maximum absolute atomic E-state index is 13.9. The molecule has 3 N–H and O–H groups in total. The van der Waals surface area contributed by atoms with Crippen molar-refractivity contribution in [2.24, 2.45) is 0 Å². The van der Waals surface area contributed by atoms with Gasteiger partial charge in [0.2, 0.25) is 0 Å². The summed E-state index contributed by atoms with van der Waals surface area (Å²) in [5.74, 6) is 0. The molecule has 0 spiro atoms. The molecule has 0 saturated heterocycles. The number of nitrogens with one attached hydrogen (secondary N) is 1. The molecule has 0 aliphatic heterocycles. The van der Waals surface area contributed by atoms with Gasteiger partial charge in [-0.25, -0.2) is 4.79 Å². The molecule has 1 unspecified atom stereocenters. The second-order valence-corrected chi connectivity index (χ2v) is 10.2. The minimum Gasteiger partial charge on any atom is -0.443 e. The van der Waals surface area contributed by atoms with Crippen molar-refractivity contribution >= 4 is 28.4 Å². The summed E-state index contributed by atoms with van der Waals surface area (Å²) < 4.78 is 5.99. The first kappa shape index (κ1) is 24.4. The molecule has 0 saturated carbocycles. The predicted octanol–water partition coefficient (Wildman–Crippen LogP) is 7.93. The van der Waals surface area contributed by atoms with E-state index in [4.69, 9.17) is 10.5 Å². The van der Waals surface area contributed by atoms with Gasteiger partial charge in [-0.2, -0.15) is 0 Å². The number of H-pyrrole nitrogens is 1. The molecule has 0 bridgehead atoms. The van der Waals surface area contributed by atoms with Gasteiger partial charge in [0.15, 0.2) is 0 Å². The van der Waals surface area contributed by atoms with Gasteiger partial charge >= 0.3 is 6.09 Å². The molecule has 1 amide bonds. The van der Waals surface area contributed by atoms with Crippen LogP contribution in [-0.4, -0.2) is 16.7 Å². The Bertz CT molecular complexity index is 1330. The summed E-state index contributed by atoms with van der Waals surface area (Å²) in [4.78, 5) is 19.3. The molecule has 0 aliphatic rings. The fourth-order valence-corrected chi connectivity index (χ4v) is 4.70. The van der Waals surface area contributed by atoms with Crippen LogP contribution in [0.5, 0.6) is 0 Å². The number of carbonyl (C=O) groups is 1. The first-order valence-corrected chi connectivity index (χ1v) is 12.1. The summed E-state index contributed by atoms with van der Waals surface area (Å²) in [5.41, 5.74) is 13.2. The maximum atomic E-state index is 13.9. The molecule has 182 valence electrons. The fraction of sp³-hybridized carbons (Fsp3) is 0.300. The number of nitrogens with two attached hydrogens (primary N) is 1. The van der Waals surface area contributed by atoms with Crippen LogP contribution in [0.2, 0.25) is 0 Å². The van der Waals surface area contributed by atoms with Gasteiger partial charge in [-0.15, -0.1) is 0 Å². The number of hydrogen-bond acceptors (Lipinski definition) is 3. The highest BCUT2D eigenvalue weighted by Crippen LogP contribution is 2.44. The van der Waals surface area contributed by atoms with E-state index in [0.29, 0.717) is 12.1 Å². The fourth-order valence-electron chi connectivity index (χ4n) is 4.70. The van der Waals surface area contributed by atoms with Crippen LogP contribution in [0.1, 0.15) is 56.8 Å². The van der Waals surface area contributed by atoms with E-state index < -0.39 is 5.60 Å². The van der Waals surface area contributed by atoms with Crippen LogP contribution in [0, 0.1) is 13.8 Å². The van der Waals surface area contributed by atoms with Crippen LogP contribution < -0.4 is 10.6 Å². The molecule has 3 aromatic carbocycles. The number of anilines is 2. The van der Waals surface area contributed by atoms with E-state index in [1.165, 1.54) is 0 Å². The predicted molar refractivity (Wildman–Crippen MR) is 146 cm³/mol. The summed E-state index contributed by atoms with van der Waals surface area (Å²) in [7, 11) is 0. The van der Waals surface area contributed by atoms with Crippen molar-refractivity contribution < 1.29 is 9.53 Å². The lowest BCUT2D eigenvalue weighted by Crippen LogP contribution is -2.39. The second-order valence-electron chi connectivity index (χ2n) is 10.2. The Kier molecular flexibility index (Phi) is 6.62. The number of amides is 1. The van der Waals surface area contributed by atoms with Gasteiger partial charge in [-0.05, 0) is 76.9 Å². The van der Waals surface area contributed by atoms with Crippen LogP contribution >= 0.6 is 0 Å². The maximum Gasteiger partial charge on any atom is 0.415 e. The quantitative estimate of drug-likeness (QED) is 0.292. The summed E-state index contributed by atoms with van der Waals surface area (Å²) in [6.45, 7) is 11.9. The first-order chi connectivity index (χ1) is 16.6. The average molecular weight is 470 g/mol. The number of ether oxygens (including phenoxy) is 1. The molecule has 5 nitrogen and oxygen atoms in total. The van der Waals surface area contributed by atoms with Crippen molar-refractivity contribution in [1.29, 1.82) is 0 Å².